The number of anilines is 2. The number of carbonyl (C=O) groups is 1. The number of rotatable bonds is 6. The van der Waals surface area contributed by atoms with Crippen LogP contribution in [0.25, 0.3) is 0 Å². The van der Waals surface area contributed by atoms with Crippen LogP contribution in [0.3, 0.4) is 0 Å². The molecule has 0 atom stereocenters. The number of amides is 1. The molecule has 0 saturated carbocycles. The summed E-state index contributed by atoms with van der Waals surface area (Å²) >= 11 is 3.31. The van der Waals surface area contributed by atoms with Crippen molar-refractivity contribution in [3.05, 3.63) is 82.8 Å². The van der Waals surface area contributed by atoms with E-state index in [1.54, 1.807) is 53.4 Å². The molecule has 3 aromatic rings. The van der Waals surface area contributed by atoms with Gasteiger partial charge in [0.2, 0.25) is 0 Å². The van der Waals surface area contributed by atoms with Gasteiger partial charge in [0.05, 0.1) is 10.6 Å². The SMILES string of the molecule is CN(c1ccc(OCC(=O)N2CCc3ccccc32)cc1)S(=O)(=O)c1ccc(Br)cc1. The Balaban J connectivity index is 1.40. The Labute approximate surface area is 190 Å². The Hall–Kier alpha value is -2.84. The van der Waals surface area contributed by atoms with Gasteiger partial charge in [-0.15, -0.1) is 0 Å². The van der Waals surface area contributed by atoms with Gasteiger partial charge in [0.25, 0.3) is 15.9 Å². The van der Waals surface area contributed by atoms with Gasteiger partial charge in [-0.25, -0.2) is 8.42 Å². The summed E-state index contributed by atoms with van der Waals surface area (Å²) in [6.07, 6.45) is 0.843. The highest BCUT2D eigenvalue weighted by molar-refractivity contribution is 9.10. The first-order valence-electron chi connectivity index (χ1n) is 9.72. The zero-order valence-electron chi connectivity index (χ0n) is 16.9. The van der Waals surface area contributed by atoms with Gasteiger partial charge >= 0.3 is 0 Å². The van der Waals surface area contributed by atoms with Gasteiger partial charge in [-0.2, -0.15) is 0 Å². The van der Waals surface area contributed by atoms with Crippen LogP contribution in [-0.2, 0) is 21.2 Å². The lowest BCUT2D eigenvalue weighted by Gasteiger charge is -2.20. The molecule has 8 heteroatoms. The van der Waals surface area contributed by atoms with Gasteiger partial charge in [0.15, 0.2) is 6.61 Å². The van der Waals surface area contributed by atoms with Crippen LogP contribution in [0.2, 0.25) is 0 Å². The fourth-order valence-corrected chi connectivity index (χ4v) is 4.94. The van der Waals surface area contributed by atoms with E-state index in [2.05, 4.69) is 15.9 Å². The fraction of sp³-hybridized carbons (Fsp3) is 0.174. The van der Waals surface area contributed by atoms with E-state index in [9.17, 15) is 13.2 Å². The highest BCUT2D eigenvalue weighted by atomic mass is 79.9. The first-order valence-corrected chi connectivity index (χ1v) is 12.0. The summed E-state index contributed by atoms with van der Waals surface area (Å²) in [4.78, 5) is 14.5. The number of benzene rings is 3. The molecule has 0 saturated heterocycles. The van der Waals surface area contributed by atoms with Crippen LogP contribution >= 0.6 is 15.9 Å². The molecule has 31 heavy (non-hydrogen) atoms. The molecule has 0 bridgehead atoms. The molecule has 1 aliphatic rings. The predicted molar refractivity (Wildman–Crippen MR) is 124 cm³/mol. The number of hydrogen-bond donors (Lipinski definition) is 0. The van der Waals surface area contributed by atoms with E-state index in [4.69, 9.17) is 4.74 Å². The summed E-state index contributed by atoms with van der Waals surface area (Å²) < 4.78 is 33.3. The zero-order valence-corrected chi connectivity index (χ0v) is 19.3. The van der Waals surface area contributed by atoms with E-state index in [1.165, 1.54) is 11.4 Å². The van der Waals surface area contributed by atoms with Gasteiger partial charge in [-0.05, 0) is 66.6 Å². The Kier molecular flexibility index (Phi) is 6.02. The minimum Gasteiger partial charge on any atom is -0.484 e. The number of hydrogen-bond acceptors (Lipinski definition) is 4. The Bertz CT molecular complexity index is 1200. The molecule has 1 amide bonds. The maximum Gasteiger partial charge on any atom is 0.264 e. The minimum absolute atomic E-state index is 0.0826. The summed E-state index contributed by atoms with van der Waals surface area (Å²) in [7, 11) is -2.17. The quantitative estimate of drug-likeness (QED) is 0.507. The maximum atomic E-state index is 12.8. The van der Waals surface area contributed by atoms with Crippen LogP contribution < -0.4 is 13.9 Å². The van der Waals surface area contributed by atoms with Gasteiger partial charge in [0, 0.05) is 23.8 Å². The molecular formula is C23H21BrN2O4S. The molecule has 4 rings (SSSR count). The second-order valence-corrected chi connectivity index (χ2v) is 10.0. The van der Waals surface area contributed by atoms with Crippen LogP contribution in [-0.4, -0.2) is 34.5 Å². The van der Waals surface area contributed by atoms with Crippen molar-refractivity contribution < 1.29 is 17.9 Å². The molecule has 0 fully saturated rings. The molecular weight excluding hydrogens is 480 g/mol. The molecule has 3 aromatic carbocycles. The number of nitrogens with zero attached hydrogens (tertiary/aromatic N) is 2. The van der Waals surface area contributed by atoms with Crippen molar-refractivity contribution in [3.8, 4) is 5.75 Å². The monoisotopic (exact) mass is 500 g/mol. The first-order chi connectivity index (χ1) is 14.9. The van der Waals surface area contributed by atoms with Gasteiger partial charge in [-0.1, -0.05) is 34.1 Å². The van der Waals surface area contributed by atoms with Crippen molar-refractivity contribution in [2.24, 2.45) is 0 Å². The summed E-state index contributed by atoms with van der Waals surface area (Å²) in [6, 6.07) is 21.0. The number of halogens is 1. The van der Waals surface area contributed by atoms with Crippen LogP contribution in [0, 0.1) is 0 Å². The second kappa shape index (κ2) is 8.72. The number of para-hydroxylation sites is 1. The summed E-state index contributed by atoms with van der Waals surface area (Å²) in [5.74, 6) is 0.392. The second-order valence-electron chi connectivity index (χ2n) is 7.13. The number of fused-ring (bicyclic) bond motifs is 1. The summed E-state index contributed by atoms with van der Waals surface area (Å²) in [5, 5.41) is 0. The van der Waals surface area contributed by atoms with Crippen molar-refractivity contribution in [2.45, 2.75) is 11.3 Å². The summed E-state index contributed by atoms with van der Waals surface area (Å²) in [6.45, 7) is 0.569. The van der Waals surface area contributed by atoms with Crippen LogP contribution in [0.1, 0.15) is 5.56 Å². The highest BCUT2D eigenvalue weighted by Crippen LogP contribution is 2.28. The van der Waals surface area contributed by atoms with Gasteiger partial charge in [-0.3, -0.25) is 9.10 Å². The van der Waals surface area contributed by atoms with Crippen LogP contribution in [0.4, 0.5) is 11.4 Å². The first kappa shape index (κ1) is 21.4. The third kappa shape index (κ3) is 4.45. The fourth-order valence-electron chi connectivity index (χ4n) is 3.48. The lowest BCUT2D eigenvalue weighted by Crippen LogP contribution is -2.33. The number of ether oxygens (including phenoxy) is 1. The van der Waals surface area contributed by atoms with Crippen molar-refractivity contribution in [1.82, 2.24) is 0 Å². The standard InChI is InChI=1S/C23H21BrN2O4S/c1-25(31(28,29)21-12-6-18(24)7-13-21)19-8-10-20(11-9-19)30-16-23(27)26-15-14-17-4-2-3-5-22(17)26/h2-13H,14-16H2,1H3. The average Bonchev–Trinajstić information content (AvgIpc) is 3.22. The molecule has 6 nitrogen and oxygen atoms in total. The number of sulfonamides is 1. The molecule has 160 valence electrons. The van der Waals surface area contributed by atoms with E-state index < -0.39 is 10.0 Å². The molecule has 0 N–H and O–H groups in total. The van der Waals surface area contributed by atoms with Gasteiger partial charge < -0.3 is 9.64 Å². The Morgan fingerprint density at radius 2 is 1.71 bits per heavy atom. The van der Waals surface area contributed by atoms with Crippen molar-refractivity contribution in [3.63, 3.8) is 0 Å². The normalized spacial score (nSPS) is 13.0. The molecule has 0 radical (unpaired) electrons. The maximum absolute atomic E-state index is 12.8. The van der Waals surface area contributed by atoms with Crippen LogP contribution in [0.5, 0.6) is 5.75 Å². The molecule has 1 aliphatic heterocycles. The lowest BCUT2D eigenvalue weighted by molar-refractivity contribution is -0.120. The molecule has 0 aromatic heterocycles. The smallest absolute Gasteiger partial charge is 0.264 e. The average molecular weight is 501 g/mol. The third-order valence-electron chi connectivity index (χ3n) is 5.22. The van der Waals surface area contributed by atoms with E-state index in [0.29, 0.717) is 18.0 Å². The minimum atomic E-state index is -3.68. The number of carbonyl (C=O) groups excluding carboxylic acids is 1. The van der Waals surface area contributed by atoms with Gasteiger partial charge in [0.1, 0.15) is 5.75 Å². The van der Waals surface area contributed by atoms with E-state index in [1.807, 2.05) is 24.3 Å². The summed E-state index contributed by atoms with van der Waals surface area (Å²) in [5.41, 5.74) is 2.59. The molecule has 0 aliphatic carbocycles. The highest BCUT2D eigenvalue weighted by Gasteiger charge is 2.24. The van der Waals surface area contributed by atoms with Crippen LogP contribution in [0.15, 0.2) is 82.2 Å². The van der Waals surface area contributed by atoms with Crippen molar-refractivity contribution in [2.75, 3.05) is 29.4 Å². The largest absolute Gasteiger partial charge is 0.484 e. The zero-order chi connectivity index (χ0) is 22.0. The van der Waals surface area contributed by atoms with E-state index >= 15 is 0 Å². The van der Waals surface area contributed by atoms with E-state index in [0.717, 1.165) is 22.1 Å². The molecule has 1 heterocycles. The van der Waals surface area contributed by atoms with Crippen molar-refractivity contribution in [1.29, 1.82) is 0 Å². The molecule has 0 unspecified atom stereocenters. The van der Waals surface area contributed by atoms with Crippen molar-refractivity contribution >= 4 is 43.2 Å². The Morgan fingerprint density at radius 1 is 1.03 bits per heavy atom. The third-order valence-corrected chi connectivity index (χ3v) is 7.55. The molecule has 0 spiro atoms. The predicted octanol–water partition coefficient (Wildman–Crippen LogP) is 4.24. The Morgan fingerprint density at radius 3 is 2.42 bits per heavy atom. The lowest BCUT2D eigenvalue weighted by atomic mass is 10.2. The topological polar surface area (TPSA) is 66.9 Å². The van der Waals surface area contributed by atoms with E-state index in [-0.39, 0.29) is 17.4 Å².